The molecular weight excluding hydrogens is 336 g/mol. The Hall–Kier alpha value is -0.820. The van der Waals surface area contributed by atoms with E-state index in [1.807, 2.05) is 19.9 Å². The molecule has 1 aromatic rings. The van der Waals surface area contributed by atoms with Crippen LogP contribution in [-0.2, 0) is 10.0 Å². The van der Waals surface area contributed by atoms with E-state index in [-0.39, 0.29) is 23.3 Å². The van der Waals surface area contributed by atoms with E-state index in [1.54, 1.807) is 16.4 Å². The number of halogens is 1. The number of hydrogen-bond acceptors (Lipinski definition) is 4. The van der Waals surface area contributed by atoms with Crippen LogP contribution in [0.3, 0.4) is 0 Å². The second-order valence-corrected chi connectivity index (χ2v) is 7.61. The summed E-state index contributed by atoms with van der Waals surface area (Å²) in [4.78, 5) is 0.280. The molecule has 0 spiro atoms. The van der Waals surface area contributed by atoms with Crippen LogP contribution < -0.4 is 10.1 Å². The Labute approximate surface area is 145 Å². The van der Waals surface area contributed by atoms with E-state index in [1.165, 1.54) is 7.11 Å². The Morgan fingerprint density at radius 2 is 1.96 bits per heavy atom. The first kappa shape index (κ1) is 20.2. The van der Waals surface area contributed by atoms with Crippen molar-refractivity contribution in [1.82, 2.24) is 9.62 Å². The lowest BCUT2D eigenvalue weighted by Gasteiger charge is -2.34. The van der Waals surface area contributed by atoms with Crippen LogP contribution in [0, 0.1) is 6.92 Å². The summed E-state index contributed by atoms with van der Waals surface area (Å²) in [6.07, 6.45) is 2.51. The van der Waals surface area contributed by atoms with Crippen LogP contribution >= 0.6 is 12.4 Å². The molecule has 0 radical (unpaired) electrons. The zero-order chi connectivity index (χ0) is 16.2. The number of rotatable bonds is 6. The maximum atomic E-state index is 13.2. The first-order chi connectivity index (χ1) is 10.5. The number of hydrogen-bond donors (Lipinski definition) is 1. The summed E-state index contributed by atoms with van der Waals surface area (Å²) >= 11 is 0. The molecule has 0 amide bonds. The minimum atomic E-state index is -3.55. The molecule has 23 heavy (non-hydrogen) atoms. The molecule has 1 N–H and O–H groups in total. The number of benzene rings is 1. The smallest absolute Gasteiger partial charge is 0.247 e. The molecule has 2 rings (SSSR count). The van der Waals surface area contributed by atoms with Crippen LogP contribution in [0.1, 0.15) is 31.7 Å². The highest BCUT2D eigenvalue weighted by Crippen LogP contribution is 2.30. The lowest BCUT2D eigenvalue weighted by molar-refractivity contribution is 0.261. The molecule has 5 nitrogen and oxygen atoms in total. The number of nitrogens with zero attached hydrogens (tertiary/aromatic N) is 1. The number of sulfonamides is 1. The highest BCUT2D eigenvalue weighted by molar-refractivity contribution is 7.89. The fraction of sp³-hybridized carbons (Fsp3) is 0.625. The third-order valence-electron chi connectivity index (χ3n) is 4.07. The molecule has 0 saturated carbocycles. The molecule has 7 heteroatoms. The number of piperidine rings is 1. The minimum absolute atomic E-state index is 0. The van der Waals surface area contributed by atoms with Crippen molar-refractivity contribution in [2.75, 3.05) is 26.7 Å². The summed E-state index contributed by atoms with van der Waals surface area (Å²) in [6.45, 7) is 6.19. The molecule has 1 aromatic carbocycles. The van der Waals surface area contributed by atoms with Gasteiger partial charge >= 0.3 is 0 Å². The van der Waals surface area contributed by atoms with E-state index >= 15 is 0 Å². The quantitative estimate of drug-likeness (QED) is 0.845. The van der Waals surface area contributed by atoms with Crippen molar-refractivity contribution in [2.45, 2.75) is 44.0 Å². The van der Waals surface area contributed by atoms with Crippen LogP contribution in [0.5, 0.6) is 5.75 Å². The molecule has 0 aliphatic carbocycles. The van der Waals surface area contributed by atoms with Crippen LogP contribution in [0.25, 0.3) is 0 Å². The Kier molecular flexibility index (Phi) is 7.80. The van der Waals surface area contributed by atoms with Crippen molar-refractivity contribution >= 4 is 22.4 Å². The summed E-state index contributed by atoms with van der Waals surface area (Å²) < 4.78 is 33.3. The van der Waals surface area contributed by atoms with Gasteiger partial charge in [0.15, 0.2) is 0 Å². The van der Waals surface area contributed by atoms with E-state index in [4.69, 9.17) is 4.74 Å². The first-order valence-electron chi connectivity index (χ1n) is 7.88. The average Bonchev–Trinajstić information content (AvgIpc) is 2.53. The van der Waals surface area contributed by atoms with E-state index in [9.17, 15) is 8.42 Å². The predicted octanol–water partition coefficient (Wildman–Crippen LogP) is 2.58. The second-order valence-electron chi connectivity index (χ2n) is 5.75. The van der Waals surface area contributed by atoms with Crippen LogP contribution in [0.15, 0.2) is 23.1 Å². The van der Waals surface area contributed by atoms with Crippen LogP contribution in [-0.4, -0.2) is 45.5 Å². The van der Waals surface area contributed by atoms with Crippen LogP contribution in [0.2, 0.25) is 0 Å². The Morgan fingerprint density at radius 1 is 1.30 bits per heavy atom. The van der Waals surface area contributed by atoms with Crippen LogP contribution in [0.4, 0.5) is 0 Å². The summed E-state index contributed by atoms with van der Waals surface area (Å²) in [5.74, 6) is 0.417. The van der Waals surface area contributed by atoms with Gasteiger partial charge in [-0.15, -0.1) is 12.4 Å². The number of methoxy groups -OCH3 is 1. The van der Waals surface area contributed by atoms with Gasteiger partial charge in [0.1, 0.15) is 10.6 Å². The molecule has 132 valence electrons. The van der Waals surface area contributed by atoms with Crippen molar-refractivity contribution in [1.29, 1.82) is 0 Å². The largest absolute Gasteiger partial charge is 0.495 e. The molecule has 1 heterocycles. The molecule has 1 aliphatic heterocycles. The lowest BCUT2D eigenvalue weighted by atomic mass is 10.1. The topological polar surface area (TPSA) is 58.6 Å². The van der Waals surface area contributed by atoms with E-state index in [0.717, 1.165) is 37.9 Å². The Bertz CT molecular complexity index is 601. The standard InChI is InChI=1S/C16H26N2O3S.ClH/c1-4-11-18(14-7-9-17-10-8-14)22(19,20)16-12-13(2)5-6-15(16)21-3;/h5-6,12,14,17H,4,7-11H2,1-3H3;1H. The third kappa shape index (κ3) is 4.59. The fourth-order valence-corrected chi connectivity index (χ4v) is 4.95. The van der Waals surface area contributed by atoms with Gasteiger partial charge in [-0.1, -0.05) is 13.0 Å². The molecule has 0 aromatic heterocycles. The van der Waals surface area contributed by atoms with Gasteiger partial charge in [-0.05, 0) is 57.0 Å². The van der Waals surface area contributed by atoms with Crippen molar-refractivity contribution in [3.63, 3.8) is 0 Å². The molecule has 0 bridgehead atoms. The van der Waals surface area contributed by atoms with Gasteiger partial charge in [-0.2, -0.15) is 4.31 Å². The zero-order valence-electron chi connectivity index (χ0n) is 14.0. The average molecular weight is 363 g/mol. The van der Waals surface area contributed by atoms with Gasteiger partial charge in [0, 0.05) is 12.6 Å². The van der Waals surface area contributed by atoms with Gasteiger partial charge in [0.25, 0.3) is 0 Å². The van der Waals surface area contributed by atoms with Gasteiger partial charge in [0.05, 0.1) is 7.11 Å². The lowest BCUT2D eigenvalue weighted by Crippen LogP contribution is -2.46. The number of nitrogens with one attached hydrogen (secondary N) is 1. The molecule has 1 fully saturated rings. The Morgan fingerprint density at radius 3 is 2.52 bits per heavy atom. The number of ether oxygens (including phenoxy) is 1. The maximum absolute atomic E-state index is 13.2. The molecule has 1 aliphatic rings. The first-order valence-corrected chi connectivity index (χ1v) is 9.32. The highest BCUT2D eigenvalue weighted by atomic mass is 35.5. The maximum Gasteiger partial charge on any atom is 0.247 e. The highest BCUT2D eigenvalue weighted by Gasteiger charge is 2.33. The summed E-state index contributed by atoms with van der Waals surface area (Å²) in [5, 5.41) is 3.29. The molecule has 0 unspecified atom stereocenters. The minimum Gasteiger partial charge on any atom is -0.495 e. The van der Waals surface area contributed by atoms with Gasteiger partial charge in [0.2, 0.25) is 10.0 Å². The SMILES string of the molecule is CCCN(C1CCNCC1)S(=O)(=O)c1cc(C)ccc1OC.Cl. The molecule has 1 saturated heterocycles. The van der Waals surface area contributed by atoms with Gasteiger partial charge < -0.3 is 10.1 Å². The summed E-state index contributed by atoms with van der Waals surface area (Å²) in [7, 11) is -2.04. The molecular formula is C16H27ClN2O3S. The predicted molar refractivity (Wildman–Crippen MR) is 95.1 cm³/mol. The van der Waals surface area contributed by atoms with E-state index in [0.29, 0.717) is 12.3 Å². The van der Waals surface area contributed by atoms with E-state index in [2.05, 4.69) is 5.32 Å². The Balaban J connectivity index is 0.00000264. The molecule has 0 atom stereocenters. The van der Waals surface area contributed by atoms with E-state index < -0.39 is 10.0 Å². The summed E-state index contributed by atoms with van der Waals surface area (Å²) in [5.41, 5.74) is 0.918. The fourth-order valence-electron chi connectivity index (χ4n) is 2.93. The normalized spacial score (nSPS) is 16.2. The third-order valence-corrected chi connectivity index (χ3v) is 6.04. The summed E-state index contributed by atoms with van der Waals surface area (Å²) in [6, 6.07) is 5.37. The van der Waals surface area contributed by atoms with Crippen molar-refractivity contribution in [2.24, 2.45) is 0 Å². The van der Waals surface area contributed by atoms with Gasteiger partial charge in [-0.25, -0.2) is 8.42 Å². The monoisotopic (exact) mass is 362 g/mol. The second kappa shape index (κ2) is 8.87. The van der Waals surface area contributed by atoms with Crippen molar-refractivity contribution in [3.8, 4) is 5.75 Å². The van der Waals surface area contributed by atoms with Crippen molar-refractivity contribution < 1.29 is 13.2 Å². The van der Waals surface area contributed by atoms with Gasteiger partial charge in [-0.3, -0.25) is 0 Å². The zero-order valence-corrected chi connectivity index (χ0v) is 15.7. The number of aryl methyl sites for hydroxylation is 1. The van der Waals surface area contributed by atoms with Crippen molar-refractivity contribution in [3.05, 3.63) is 23.8 Å².